The van der Waals surface area contributed by atoms with E-state index in [0.29, 0.717) is 6.54 Å². The zero-order valence-corrected chi connectivity index (χ0v) is 16.0. The van der Waals surface area contributed by atoms with Crippen LogP contribution in [-0.2, 0) is 17.9 Å². The molecule has 4 nitrogen and oxygen atoms in total. The second-order valence-corrected chi connectivity index (χ2v) is 8.37. The van der Waals surface area contributed by atoms with Gasteiger partial charge in [0.1, 0.15) is 5.82 Å². The lowest BCUT2D eigenvalue weighted by atomic mass is 9.99. The standard InChI is InChI=1S/C22H18FN3OS/c1-14-19-10-15(20-12-25-21-11-16(23)6-7-18(20)21)5-8-22(19)28(27)26(14)13-17-4-2-3-9-24-17/h2-12,14,25H,13H2,1H3/t14-,28?/m1/s1. The minimum atomic E-state index is -1.22. The van der Waals surface area contributed by atoms with Crippen molar-refractivity contribution >= 4 is 22.3 Å². The Labute approximate surface area is 165 Å². The summed E-state index contributed by atoms with van der Waals surface area (Å²) >= 11 is -1.22. The summed E-state index contributed by atoms with van der Waals surface area (Å²) in [7, 11) is 0. The summed E-state index contributed by atoms with van der Waals surface area (Å²) in [5, 5.41) is 0.971. The highest BCUT2D eigenvalue weighted by atomic mass is 32.2. The van der Waals surface area contributed by atoms with E-state index in [1.807, 2.05) is 40.8 Å². The van der Waals surface area contributed by atoms with Crippen molar-refractivity contribution in [2.45, 2.75) is 24.4 Å². The van der Waals surface area contributed by atoms with E-state index in [9.17, 15) is 8.94 Å². The molecule has 1 aliphatic heterocycles. The number of hydrogen-bond acceptors (Lipinski definition) is 3. The molecule has 0 bridgehead atoms. The second-order valence-electron chi connectivity index (χ2n) is 6.97. The summed E-state index contributed by atoms with van der Waals surface area (Å²) in [6.45, 7) is 2.60. The average Bonchev–Trinajstić information content (AvgIpc) is 3.23. The lowest BCUT2D eigenvalue weighted by Crippen LogP contribution is -2.26. The van der Waals surface area contributed by atoms with E-state index < -0.39 is 11.4 Å². The van der Waals surface area contributed by atoms with Crippen molar-refractivity contribution in [1.29, 1.82) is 0 Å². The van der Waals surface area contributed by atoms with Gasteiger partial charge in [-0.05, 0) is 61.0 Å². The van der Waals surface area contributed by atoms with Crippen LogP contribution < -0.4 is 0 Å². The summed E-state index contributed by atoms with van der Waals surface area (Å²) in [5.74, 6) is -0.260. The molecule has 28 heavy (non-hydrogen) atoms. The zero-order valence-electron chi connectivity index (χ0n) is 15.2. The molecule has 140 valence electrons. The molecular weight excluding hydrogens is 373 g/mol. The molecule has 5 rings (SSSR count). The van der Waals surface area contributed by atoms with E-state index >= 15 is 0 Å². The van der Waals surface area contributed by atoms with Crippen molar-refractivity contribution in [3.8, 4) is 11.1 Å². The van der Waals surface area contributed by atoms with Crippen LogP contribution in [0.2, 0.25) is 0 Å². The van der Waals surface area contributed by atoms with Crippen LogP contribution in [0.3, 0.4) is 0 Å². The molecule has 4 aromatic rings. The predicted molar refractivity (Wildman–Crippen MR) is 108 cm³/mol. The Morgan fingerprint density at radius 2 is 2.07 bits per heavy atom. The minimum Gasteiger partial charge on any atom is -0.593 e. The SMILES string of the molecule is C[C@@H]1c2cc(-c3c[nH]c4cc(F)ccc34)ccc2[S+]([O-])N1Cc1ccccn1. The number of aromatic nitrogens is 2. The quantitative estimate of drug-likeness (QED) is 0.502. The maximum atomic E-state index is 13.5. The Balaban J connectivity index is 1.51. The van der Waals surface area contributed by atoms with Crippen LogP contribution in [0, 0.1) is 5.82 Å². The van der Waals surface area contributed by atoms with Gasteiger partial charge >= 0.3 is 0 Å². The fraction of sp³-hybridized carbons (Fsp3) is 0.136. The number of halogens is 1. The van der Waals surface area contributed by atoms with Crippen LogP contribution >= 0.6 is 0 Å². The second kappa shape index (κ2) is 6.74. The maximum Gasteiger partial charge on any atom is 0.179 e. The van der Waals surface area contributed by atoms with E-state index in [2.05, 4.69) is 23.0 Å². The number of fused-ring (bicyclic) bond motifs is 2. The molecule has 0 radical (unpaired) electrons. The summed E-state index contributed by atoms with van der Waals surface area (Å²) in [6, 6.07) is 16.6. The molecule has 1 unspecified atom stereocenters. The fourth-order valence-corrected chi connectivity index (χ4v) is 5.33. The van der Waals surface area contributed by atoms with Crippen molar-refractivity contribution in [3.05, 3.63) is 84.1 Å². The molecule has 3 heterocycles. The number of pyridine rings is 1. The third kappa shape index (κ3) is 2.81. The molecule has 0 spiro atoms. The molecule has 0 saturated heterocycles. The Morgan fingerprint density at radius 3 is 2.89 bits per heavy atom. The lowest BCUT2D eigenvalue weighted by Gasteiger charge is -2.20. The summed E-state index contributed by atoms with van der Waals surface area (Å²) < 4.78 is 28.5. The predicted octanol–water partition coefficient (Wildman–Crippen LogP) is 4.97. The normalized spacial score (nSPS) is 19.2. The molecule has 2 aromatic heterocycles. The highest BCUT2D eigenvalue weighted by molar-refractivity contribution is 7.89. The van der Waals surface area contributed by atoms with E-state index in [0.717, 1.165) is 38.2 Å². The highest BCUT2D eigenvalue weighted by Crippen LogP contribution is 2.42. The van der Waals surface area contributed by atoms with Gasteiger partial charge in [-0.15, -0.1) is 4.31 Å². The van der Waals surface area contributed by atoms with Gasteiger partial charge in [0.2, 0.25) is 0 Å². The number of aromatic amines is 1. The lowest BCUT2D eigenvalue weighted by molar-refractivity contribution is 0.350. The van der Waals surface area contributed by atoms with Gasteiger partial charge in [0.25, 0.3) is 0 Å². The highest BCUT2D eigenvalue weighted by Gasteiger charge is 2.40. The zero-order chi connectivity index (χ0) is 19.3. The van der Waals surface area contributed by atoms with Crippen molar-refractivity contribution < 1.29 is 8.94 Å². The molecule has 6 heteroatoms. The number of rotatable bonds is 3. The van der Waals surface area contributed by atoms with Gasteiger partial charge in [0, 0.05) is 34.4 Å². The fourth-order valence-electron chi connectivity index (χ4n) is 3.81. The number of nitrogens with one attached hydrogen (secondary N) is 1. The number of H-pyrrole nitrogens is 1. The first-order chi connectivity index (χ1) is 13.6. The molecule has 0 amide bonds. The molecular formula is C22H18FN3OS. The Bertz CT molecular complexity index is 1160. The first-order valence-electron chi connectivity index (χ1n) is 9.11. The summed E-state index contributed by atoms with van der Waals surface area (Å²) in [6.07, 6.45) is 3.65. The van der Waals surface area contributed by atoms with Crippen molar-refractivity contribution in [1.82, 2.24) is 14.3 Å². The van der Waals surface area contributed by atoms with Crippen molar-refractivity contribution in [2.75, 3.05) is 0 Å². The van der Waals surface area contributed by atoms with E-state index in [-0.39, 0.29) is 11.9 Å². The molecule has 0 saturated carbocycles. The summed E-state index contributed by atoms with van der Waals surface area (Å²) in [5.41, 5.74) is 4.76. The smallest absolute Gasteiger partial charge is 0.179 e. The first-order valence-corrected chi connectivity index (χ1v) is 10.2. The van der Waals surface area contributed by atoms with Gasteiger partial charge in [-0.25, -0.2) is 4.39 Å². The first kappa shape index (κ1) is 17.4. The van der Waals surface area contributed by atoms with Gasteiger partial charge in [0.05, 0.1) is 29.6 Å². The Hall–Kier alpha value is -2.67. The largest absolute Gasteiger partial charge is 0.593 e. The molecule has 1 N–H and O–H groups in total. The third-order valence-electron chi connectivity index (χ3n) is 5.29. The van der Waals surface area contributed by atoms with Gasteiger partial charge in [-0.1, -0.05) is 6.07 Å². The number of hydrogen-bond donors (Lipinski definition) is 1. The number of benzene rings is 2. The van der Waals surface area contributed by atoms with Gasteiger partial charge in [-0.3, -0.25) is 4.98 Å². The molecule has 2 aromatic carbocycles. The monoisotopic (exact) mass is 391 g/mol. The van der Waals surface area contributed by atoms with E-state index in [1.165, 1.54) is 12.1 Å². The summed E-state index contributed by atoms with van der Waals surface area (Å²) in [4.78, 5) is 8.35. The molecule has 0 fully saturated rings. The van der Waals surface area contributed by atoms with Crippen LogP contribution in [0.25, 0.3) is 22.0 Å². The van der Waals surface area contributed by atoms with Gasteiger partial charge in [0.15, 0.2) is 4.90 Å². The van der Waals surface area contributed by atoms with Crippen LogP contribution in [0.4, 0.5) is 4.39 Å². The third-order valence-corrected chi connectivity index (χ3v) is 6.91. The van der Waals surface area contributed by atoms with Crippen LogP contribution in [0.1, 0.15) is 24.2 Å². The van der Waals surface area contributed by atoms with Crippen LogP contribution in [0.15, 0.2) is 71.9 Å². The van der Waals surface area contributed by atoms with Crippen molar-refractivity contribution in [3.63, 3.8) is 0 Å². The van der Waals surface area contributed by atoms with Crippen molar-refractivity contribution in [2.24, 2.45) is 0 Å². The minimum absolute atomic E-state index is 0.0143. The Kier molecular flexibility index (Phi) is 4.19. The Morgan fingerprint density at radius 1 is 1.18 bits per heavy atom. The topological polar surface area (TPSA) is 55.0 Å². The average molecular weight is 391 g/mol. The molecule has 0 aliphatic carbocycles. The van der Waals surface area contributed by atoms with E-state index in [1.54, 1.807) is 12.3 Å². The van der Waals surface area contributed by atoms with Gasteiger partial charge < -0.3 is 9.54 Å². The molecule has 2 atom stereocenters. The van der Waals surface area contributed by atoms with Crippen LogP contribution in [-0.4, -0.2) is 18.8 Å². The van der Waals surface area contributed by atoms with Gasteiger partial charge in [-0.2, -0.15) is 0 Å². The molecule has 1 aliphatic rings. The number of nitrogens with zero attached hydrogens (tertiary/aromatic N) is 2. The maximum absolute atomic E-state index is 13.5. The van der Waals surface area contributed by atoms with E-state index in [4.69, 9.17) is 0 Å². The van der Waals surface area contributed by atoms with Crippen LogP contribution in [0.5, 0.6) is 0 Å².